The molecule has 1 saturated heterocycles. The Morgan fingerprint density at radius 1 is 1.19 bits per heavy atom. The third-order valence-corrected chi connectivity index (χ3v) is 4.68. The predicted molar refractivity (Wildman–Crippen MR) is 106 cm³/mol. The summed E-state index contributed by atoms with van der Waals surface area (Å²) in [5.74, 6) is -0.0772. The topological polar surface area (TPSA) is 96.0 Å². The van der Waals surface area contributed by atoms with E-state index in [4.69, 9.17) is 0 Å². The summed E-state index contributed by atoms with van der Waals surface area (Å²) in [5.41, 5.74) is 1.28. The monoisotopic (exact) mass is 381 g/mol. The van der Waals surface area contributed by atoms with E-state index in [2.05, 4.69) is 11.6 Å². The number of thioether (sulfide) groups is 1. The molecule has 1 heterocycles. The van der Waals surface area contributed by atoms with Crippen LogP contribution in [0, 0.1) is 10.1 Å². The van der Waals surface area contributed by atoms with Crippen LogP contribution in [0.3, 0.4) is 0 Å². The lowest BCUT2D eigenvalue weighted by Crippen LogP contribution is -2.29. The first-order chi connectivity index (χ1) is 13.0. The quantitative estimate of drug-likeness (QED) is 0.364. The van der Waals surface area contributed by atoms with Crippen molar-refractivity contribution in [3.63, 3.8) is 0 Å². The van der Waals surface area contributed by atoms with Gasteiger partial charge in [0.15, 0.2) is 5.17 Å². The van der Waals surface area contributed by atoms with Gasteiger partial charge in [-0.1, -0.05) is 6.08 Å². The van der Waals surface area contributed by atoms with Gasteiger partial charge in [-0.25, -0.2) is 4.99 Å². The number of aliphatic imine (C=N–C) groups is 1. The van der Waals surface area contributed by atoms with Gasteiger partial charge < -0.3 is 5.11 Å². The van der Waals surface area contributed by atoms with Gasteiger partial charge in [0.25, 0.3) is 11.6 Å². The zero-order valence-corrected chi connectivity index (χ0v) is 14.9. The van der Waals surface area contributed by atoms with Crippen LogP contribution in [0.5, 0.6) is 5.75 Å². The molecule has 1 N–H and O–H groups in total. The van der Waals surface area contributed by atoms with Gasteiger partial charge in [0, 0.05) is 18.7 Å². The number of amides is 1. The molecule has 0 aromatic heterocycles. The number of phenolic OH excluding ortho intramolecular Hbond substituents is 1. The summed E-state index contributed by atoms with van der Waals surface area (Å²) in [4.78, 5) is 29.4. The zero-order valence-electron chi connectivity index (χ0n) is 14.1. The van der Waals surface area contributed by atoms with Crippen LogP contribution in [0.2, 0.25) is 0 Å². The minimum Gasteiger partial charge on any atom is -0.508 e. The fraction of sp³-hybridized carbons (Fsp3) is 0.0526. The van der Waals surface area contributed by atoms with Crippen LogP contribution in [-0.4, -0.2) is 32.5 Å². The molecule has 1 fully saturated rings. The molecule has 1 aliphatic heterocycles. The molecule has 0 unspecified atom stereocenters. The molecular weight excluding hydrogens is 366 g/mol. The molecule has 27 heavy (non-hydrogen) atoms. The summed E-state index contributed by atoms with van der Waals surface area (Å²) in [6.07, 6.45) is 3.28. The molecular formula is C19H15N3O4S. The van der Waals surface area contributed by atoms with Crippen molar-refractivity contribution in [2.24, 2.45) is 4.99 Å². The van der Waals surface area contributed by atoms with E-state index in [0.717, 1.165) is 0 Å². The maximum Gasteiger partial charge on any atom is 0.269 e. The maximum atomic E-state index is 12.7. The van der Waals surface area contributed by atoms with Gasteiger partial charge >= 0.3 is 0 Å². The molecule has 0 saturated carbocycles. The largest absolute Gasteiger partial charge is 0.508 e. The van der Waals surface area contributed by atoms with Gasteiger partial charge in [-0.05, 0) is 59.8 Å². The number of carbonyl (C=O) groups is 1. The van der Waals surface area contributed by atoms with Crippen molar-refractivity contribution in [3.05, 3.63) is 81.8 Å². The smallest absolute Gasteiger partial charge is 0.269 e. The third-order valence-electron chi connectivity index (χ3n) is 3.68. The molecule has 136 valence electrons. The Hall–Kier alpha value is -3.39. The molecule has 7 nitrogen and oxygen atoms in total. The van der Waals surface area contributed by atoms with E-state index in [0.29, 0.717) is 27.9 Å². The Bertz CT molecular complexity index is 950. The molecule has 1 aliphatic rings. The van der Waals surface area contributed by atoms with E-state index in [9.17, 15) is 20.0 Å². The molecule has 8 heteroatoms. The lowest BCUT2D eigenvalue weighted by molar-refractivity contribution is -0.384. The molecule has 0 aliphatic carbocycles. The van der Waals surface area contributed by atoms with E-state index in [1.54, 1.807) is 36.4 Å². The van der Waals surface area contributed by atoms with Crippen LogP contribution >= 0.6 is 11.8 Å². The first kappa shape index (κ1) is 18.4. The van der Waals surface area contributed by atoms with Crippen molar-refractivity contribution in [2.75, 3.05) is 6.54 Å². The summed E-state index contributed by atoms with van der Waals surface area (Å²) in [7, 11) is 0. The summed E-state index contributed by atoms with van der Waals surface area (Å²) in [5, 5.41) is 20.6. The second kappa shape index (κ2) is 7.88. The van der Waals surface area contributed by atoms with Crippen LogP contribution in [0.15, 0.2) is 71.1 Å². The van der Waals surface area contributed by atoms with Crippen molar-refractivity contribution in [1.82, 2.24) is 4.90 Å². The standard InChI is InChI=1S/C19H15N3O4S/c1-2-11-21-18(24)17(12-13-3-7-15(8-4-13)22(25)26)27-19(21)20-14-5-9-16(23)10-6-14/h2-10,12,23H,1,11H2/b17-12+,20-19?. The first-order valence-corrected chi connectivity index (χ1v) is 8.74. The van der Waals surface area contributed by atoms with Gasteiger partial charge in [-0.3, -0.25) is 19.8 Å². The van der Waals surface area contributed by atoms with Crippen molar-refractivity contribution < 1.29 is 14.8 Å². The van der Waals surface area contributed by atoms with Crippen molar-refractivity contribution in [2.45, 2.75) is 0 Å². The number of non-ortho nitro benzene ring substituents is 1. The predicted octanol–water partition coefficient (Wildman–Crippen LogP) is 4.09. The van der Waals surface area contributed by atoms with Gasteiger partial charge in [0.2, 0.25) is 0 Å². The fourth-order valence-corrected chi connectivity index (χ4v) is 3.37. The second-order valence-corrected chi connectivity index (χ2v) is 6.58. The number of aromatic hydroxyl groups is 1. The molecule has 0 radical (unpaired) electrons. The molecule has 0 spiro atoms. The number of rotatable bonds is 5. The van der Waals surface area contributed by atoms with E-state index in [1.165, 1.54) is 40.9 Å². The Morgan fingerprint density at radius 2 is 1.85 bits per heavy atom. The minimum absolute atomic E-state index is 0.00887. The van der Waals surface area contributed by atoms with Gasteiger partial charge in [-0.15, -0.1) is 6.58 Å². The number of nitro groups is 1. The summed E-state index contributed by atoms with van der Waals surface area (Å²) in [6, 6.07) is 12.3. The highest BCUT2D eigenvalue weighted by atomic mass is 32.2. The molecule has 1 amide bonds. The van der Waals surface area contributed by atoms with E-state index >= 15 is 0 Å². The molecule has 0 bridgehead atoms. The highest BCUT2D eigenvalue weighted by molar-refractivity contribution is 8.18. The number of benzene rings is 2. The summed E-state index contributed by atoms with van der Waals surface area (Å²) < 4.78 is 0. The second-order valence-electron chi connectivity index (χ2n) is 5.57. The highest BCUT2D eigenvalue weighted by Gasteiger charge is 2.32. The van der Waals surface area contributed by atoms with Crippen molar-refractivity contribution >= 4 is 40.3 Å². The average Bonchev–Trinajstić information content (AvgIpc) is 2.93. The first-order valence-electron chi connectivity index (χ1n) is 7.92. The Kier molecular flexibility index (Phi) is 5.37. The van der Waals surface area contributed by atoms with Gasteiger partial charge in [0.1, 0.15) is 5.75 Å². The summed E-state index contributed by atoms with van der Waals surface area (Å²) in [6.45, 7) is 3.98. The number of phenols is 1. The van der Waals surface area contributed by atoms with Crippen LogP contribution in [0.25, 0.3) is 6.08 Å². The van der Waals surface area contributed by atoms with Crippen LogP contribution in [0.4, 0.5) is 11.4 Å². The minimum atomic E-state index is -0.472. The SMILES string of the molecule is C=CCN1C(=O)/C(=C\c2ccc([N+](=O)[O-])cc2)SC1=Nc1ccc(O)cc1. The zero-order chi connectivity index (χ0) is 19.4. The lowest BCUT2D eigenvalue weighted by atomic mass is 10.2. The third kappa shape index (κ3) is 4.24. The molecule has 2 aromatic carbocycles. The Balaban J connectivity index is 1.91. The van der Waals surface area contributed by atoms with Crippen LogP contribution in [-0.2, 0) is 4.79 Å². The number of amidine groups is 1. The lowest BCUT2D eigenvalue weighted by Gasteiger charge is -2.12. The normalized spacial score (nSPS) is 16.9. The van der Waals surface area contributed by atoms with Gasteiger partial charge in [0.05, 0.1) is 15.5 Å². The van der Waals surface area contributed by atoms with Crippen molar-refractivity contribution in [1.29, 1.82) is 0 Å². The molecule has 0 atom stereocenters. The average molecular weight is 381 g/mol. The Labute approximate surface area is 159 Å². The van der Waals surface area contributed by atoms with Gasteiger partial charge in [-0.2, -0.15) is 0 Å². The number of hydrogen-bond donors (Lipinski definition) is 1. The molecule has 2 aromatic rings. The van der Waals surface area contributed by atoms with E-state index in [-0.39, 0.29) is 17.3 Å². The number of nitrogens with zero attached hydrogens (tertiary/aromatic N) is 3. The van der Waals surface area contributed by atoms with E-state index in [1.807, 2.05) is 0 Å². The number of nitro benzene ring substituents is 1. The van der Waals surface area contributed by atoms with Crippen molar-refractivity contribution in [3.8, 4) is 5.75 Å². The van der Waals surface area contributed by atoms with Crippen LogP contribution < -0.4 is 0 Å². The highest BCUT2D eigenvalue weighted by Crippen LogP contribution is 2.34. The van der Waals surface area contributed by atoms with Crippen LogP contribution in [0.1, 0.15) is 5.56 Å². The Morgan fingerprint density at radius 3 is 2.44 bits per heavy atom. The summed E-state index contributed by atoms with van der Waals surface area (Å²) >= 11 is 1.21. The molecule has 3 rings (SSSR count). The fourth-order valence-electron chi connectivity index (χ4n) is 2.36. The number of hydrogen-bond acceptors (Lipinski definition) is 6. The maximum absolute atomic E-state index is 12.7. The number of carbonyl (C=O) groups excluding carboxylic acids is 1. The van der Waals surface area contributed by atoms with E-state index < -0.39 is 4.92 Å².